The number of ether oxygens (including phenoxy) is 1. The molecule has 1 fully saturated rings. The number of cyclic esters (lactones) is 1. The summed E-state index contributed by atoms with van der Waals surface area (Å²) in [5.41, 5.74) is 2.17. The predicted octanol–water partition coefficient (Wildman–Crippen LogP) is 3.97. The zero-order valence-electron chi connectivity index (χ0n) is 17.6. The Labute approximate surface area is 171 Å². The number of pyridine rings is 1. The van der Waals surface area contributed by atoms with Crippen molar-refractivity contribution in [2.24, 2.45) is 0 Å². The maximum absolute atomic E-state index is 12.5. The van der Waals surface area contributed by atoms with Crippen LogP contribution in [0.1, 0.15) is 52.1 Å². The number of aryl methyl sites for hydroxylation is 1. The van der Waals surface area contributed by atoms with Gasteiger partial charge in [0.05, 0.1) is 11.6 Å². The number of aromatic nitrogens is 1. The maximum Gasteiger partial charge on any atom is 0.410 e. The van der Waals surface area contributed by atoms with Crippen molar-refractivity contribution in [1.29, 1.82) is 0 Å². The van der Waals surface area contributed by atoms with E-state index in [1.807, 2.05) is 50.4 Å². The molecular formula is C23H30N2O4. The predicted molar refractivity (Wildman–Crippen MR) is 113 cm³/mol. The third-order valence-electron chi connectivity index (χ3n) is 5.44. The first-order chi connectivity index (χ1) is 13.7. The van der Waals surface area contributed by atoms with E-state index in [-0.39, 0.29) is 23.8 Å². The van der Waals surface area contributed by atoms with Crippen molar-refractivity contribution in [3.8, 4) is 11.1 Å². The summed E-state index contributed by atoms with van der Waals surface area (Å²) in [5.74, 6) is 0. The van der Waals surface area contributed by atoms with Crippen LogP contribution in [0.3, 0.4) is 0 Å². The second kappa shape index (κ2) is 8.41. The van der Waals surface area contributed by atoms with Crippen molar-refractivity contribution in [2.75, 3.05) is 6.54 Å². The van der Waals surface area contributed by atoms with Gasteiger partial charge in [0, 0.05) is 38.2 Å². The Kier molecular flexibility index (Phi) is 6.13. The Morgan fingerprint density at radius 2 is 1.79 bits per heavy atom. The van der Waals surface area contributed by atoms with E-state index in [0.717, 1.165) is 16.7 Å². The van der Waals surface area contributed by atoms with Crippen LogP contribution in [-0.4, -0.2) is 38.9 Å². The molecule has 0 saturated carbocycles. The highest BCUT2D eigenvalue weighted by Gasteiger charge is 2.33. The van der Waals surface area contributed by atoms with Gasteiger partial charge in [-0.2, -0.15) is 0 Å². The van der Waals surface area contributed by atoms with Crippen LogP contribution in [0.4, 0.5) is 4.79 Å². The Bertz CT molecular complexity index is 912. The van der Waals surface area contributed by atoms with Crippen LogP contribution in [-0.2, 0) is 11.3 Å². The Morgan fingerprint density at radius 1 is 1.14 bits per heavy atom. The van der Waals surface area contributed by atoms with Gasteiger partial charge in [-0.25, -0.2) is 4.79 Å². The Balaban J connectivity index is 1.70. The van der Waals surface area contributed by atoms with E-state index in [2.05, 4.69) is 0 Å². The molecular weight excluding hydrogens is 368 g/mol. The van der Waals surface area contributed by atoms with Crippen LogP contribution >= 0.6 is 0 Å². The first-order valence-corrected chi connectivity index (χ1v) is 10.2. The molecule has 2 heterocycles. The highest BCUT2D eigenvalue weighted by atomic mass is 16.6. The van der Waals surface area contributed by atoms with E-state index >= 15 is 0 Å². The van der Waals surface area contributed by atoms with Gasteiger partial charge in [0.15, 0.2) is 0 Å². The molecule has 1 aliphatic heterocycles. The summed E-state index contributed by atoms with van der Waals surface area (Å²) in [6.45, 7) is 8.62. The van der Waals surface area contributed by atoms with Crippen molar-refractivity contribution >= 4 is 6.09 Å². The molecule has 1 aromatic heterocycles. The van der Waals surface area contributed by atoms with Crippen molar-refractivity contribution in [2.45, 2.75) is 64.8 Å². The van der Waals surface area contributed by atoms with Gasteiger partial charge in [-0.15, -0.1) is 0 Å². The fraction of sp³-hybridized carbons (Fsp3) is 0.478. The summed E-state index contributed by atoms with van der Waals surface area (Å²) in [6.07, 6.45) is 2.43. The lowest BCUT2D eigenvalue weighted by Crippen LogP contribution is -2.45. The van der Waals surface area contributed by atoms with Crippen LogP contribution in [0.5, 0.6) is 0 Å². The number of carbonyl (C=O) groups is 1. The zero-order valence-corrected chi connectivity index (χ0v) is 17.6. The molecule has 1 N–H and O–H groups in total. The van der Waals surface area contributed by atoms with E-state index in [0.29, 0.717) is 25.9 Å². The van der Waals surface area contributed by atoms with Gasteiger partial charge >= 0.3 is 6.09 Å². The number of nitrogens with zero attached hydrogens (tertiary/aromatic N) is 2. The molecule has 2 unspecified atom stereocenters. The summed E-state index contributed by atoms with van der Waals surface area (Å²) < 4.78 is 7.22. The quantitative estimate of drug-likeness (QED) is 0.799. The zero-order chi connectivity index (χ0) is 21.2. The van der Waals surface area contributed by atoms with Crippen LogP contribution in [0.2, 0.25) is 0 Å². The molecule has 0 spiro atoms. The number of hydrogen-bond donors (Lipinski definition) is 1. The van der Waals surface area contributed by atoms with Crippen molar-refractivity contribution in [3.63, 3.8) is 0 Å². The smallest absolute Gasteiger partial charge is 0.410 e. The van der Waals surface area contributed by atoms with E-state index < -0.39 is 5.60 Å². The monoisotopic (exact) mass is 398 g/mol. The number of amides is 1. The van der Waals surface area contributed by atoms with Gasteiger partial charge in [0.1, 0.15) is 6.10 Å². The molecule has 0 radical (unpaired) electrons. The molecule has 1 saturated heterocycles. The van der Waals surface area contributed by atoms with E-state index in [1.165, 1.54) is 0 Å². The molecule has 1 amide bonds. The summed E-state index contributed by atoms with van der Waals surface area (Å²) in [6, 6.07) is 11.4. The van der Waals surface area contributed by atoms with Gasteiger partial charge in [-0.1, -0.05) is 24.3 Å². The largest absolute Gasteiger partial charge is 0.446 e. The minimum Gasteiger partial charge on any atom is -0.446 e. The average Bonchev–Trinajstić information content (AvgIpc) is 2.67. The average molecular weight is 399 g/mol. The van der Waals surface area contributed by atoms with Crippen LogP contribution in [0.15, 0.2) is 47.4 Å². The number of benzene rings is 1. The standard InChI is InChI=1S/C23H30N2O4/c1-5-24-15-19(10-11-21(24)26)18-8-6-17(7-9-18)16(2)25-13-12-20(29-22(25)27)14-23(3,4)28/h6-11,15-16,20,28H,5,12-14H2,1-4H3. The minimum absolute atomic E-state index is 0.00649. The molecule has 3 rings (SSSR count). The van der Waals surface area contributed by atoms with Crippen LogP contribution < -0.4 is 5.56 Å². The van der Waals surface area contributed by atoms with E-state index in [4.69, 9.17) is 4.74 Å². The molecule has 1 aliphatic rings. The summed E-state index contributed by atoms with van der Waals surface area (Å²) >= 11 is 0. The lowest BCUT2D eigenvalue weighted by molar-refractivity contribution is -0.0309. The normalized spacial score (nSPS) is 18.4. The molecule has 0 bridgehead atoms. The highest BCUT2D eigenvalue weighted by Crippen LogP contribution is 2.29. The number of aliphatic hydroxyl groups is 1. The third-order valence-corrected chi connectivity index (χ3v) is 5.44. The van der Waals surface area contributed by atoms with E-state index in [1.54, 1.807) is 29.4 Å². The topological polar surface area (TPSA) is 71.8 Å². The SMILES string of the molecule is CCn1cc(-c2ccc(C(C)N3CCC(CC(C)(C)O)OC3=O)cc2)ccc1=O. The second-order valence-corrected chi connectivity index (χ2v) is 8.34. The molecule has 29 heavy (non-hydrogen) atoms. The number of rotatable bonds is 6. The molecule has 2 atom stereocenters. The van der Waals surface area contributed by atoms with Gasteiger partial charge in [-0.3, -0.25) is 4.79 Å². The highest BCUT2D eigenvalue weighted by molar-refractivity contribution is 5.69. The molecule has 2 aromatic rings. The van der Waals surface area contributed by atoms with Gasteiger partial charge in [0.2, 0.25) is 0 Å². The summed E-state index contributed by atoms with van der Waals surface area (Å²) in [7, 11) is 0. The molecule has 6 nitrogen and oxygen atoms in total. The maximum atomic E-state index is 12.5. The number of carbonyl (C=O) groups excluding carboxylic acids is 1. The number of hydrogen-bond acceptors (Lipinski definition) is 4. The fourth-order valence-corrected chi connectivity index (χ4v) is 3.78. The van der Waals surface area contributed by atoms with Crippen LogP contribution in [0, 0.1) is 0 Å². The Morgan fingerprint density at radius 3 is 2.38 bits per heavy atom. The lowest BCUT2D eigenvalue weighted by atomic mass is 9.97. The first kappa shape index (κ1) is 21.1. The summed E-state index contributed by atoms with van der Waals surface area (Å²) in [4.78, 5) is 26.0. The molecule has 6 heteroatoms. The van der Waals surface area contributed by atoms with Crippen molar-refractivity contribution < 1.29 is 14.6 Å². The summed E-state index contributed by atoms with van der Waals surface area (Å²) in [5, 5.41) is 9.95. The fourth-order valence-electron chi connectivity index (χ4n) is 3.78. The minimum atomic E-state index is -0.852. The van der Waals surface area contributed by atoms with Crippen molar-refractivity contribution in [1.82, 2.24) is 9.47 Å². The molecule has 0 aliphatic carbocycles. The van der Waals surface area contributed by atoms with Crippen LogP contribution in [0.25, 0.3) is 11.1 Å². The molecule has 156 valence electrons. The van der Waals surface area contributed by atoms with E-state index in [9.17, 15) is 14.7 Å². The lowest BCUT2D eigenvalue weighted by Gasteiger charge is -2.37. The first-order valence-electron chi connectivity index (χ1n) is 10.2. The van der Waals surface area contributed by atoms with Gasteiger partial charge in [0.25, 0.3) is 5.56 Å². The van der Waals surface area contributed by atoms with Gasteiger partial charge < -0.3 is 19.3 Å². The van der Waals surface area contributed by atoms with Crippen molar-refractivity contribution in [3.05, 3.63) is 58.5 Å². The Hall–Kier alpha value is -2.60. The second-order valence-electron chi connectivity index (χ2n) is 8.34. The molecule has 1 aromatic carbocycles. The third kappa shape index (κ3) is 5.07. The van der Waals surface area contributed by atoms with Gasteiger partial charge in [-0.05, 0) is 50.5 Å².